The van der Waals surface area contributed by atoms with Gasteiger partial charge in [0.15, 0.2) is 0 Å². The second kappa shape index (κ2) is 6.12. The molecule has 9 heteroatoms. The molecule has 1 aromatic rings. The van der Waals surface area contributed by atoms with Crippen LogP contribution >= 0.6 is 0 Å². The van der Waals surface area contributed by atoms with Crippen LogP contribution in [0, 0.1) is 11.8 Å². The summed E-state index contributed by atoms with van der Waals surface area (Å²) < 4.78 is 37.8. The van der Waals surface area contributed by atoms with Crippen LogP contribution in [-0.2, 0) is 14.8 Å². The van der Waals surface area contributed by atoms with Gasteiger partial charge in [-0.15, -0.1) is 0 Å². The van der Waals surface area contributed by atoms with E-state index in [4.69, 9.17) is 9.47 Å². The monoisotopic (exact) mass is 354 g/mol. The molecule has 24 heavy (non-hydrogen) atoms. The lowest BCUT2D eigenvalue weighted by Crippen LogP contribution is -2.36. The van der Waals surface area contributed by atoms with E-state index in [1.165, 1.54) is 6.33 Å². The fraction of sp³-hybridized carbons (Fsp3) is 0.733. The van der Waals surface area contributed by atoms with Gasteiger partial charge in [-0.3, -0.25) is 0 Å². The van der Waals surface area contributed by atoms with E-state index in [1.54, 1.807) is 7.11 Å². The van der Waals surface area contributed by atoms with Gasteiger partial charge in [0.1, 0.15) is 12.1 Å². The summed E-state index contributed by atoms with van der Waals surface area (Å²) in [6, 6.07) is 1.81. The molecule has 0 amide bonds. The van der Waals surface area contributed by atoms with Crippen molar-refractivity contribution >= 4 is 15.8 Å². The molecule has 3 aliphatic rings. The predicted molar refractivity (Wildman–Crippen MR) is 87.5 cm³/mol. The van der Waals surface area contributed by atoms with E-state index in [2.05, 4.69) is 19.6 Å². The summed E-state index contributed by atoms with van der Waals surface area (Å²) >= 11 is 0. The molecule has 4 rings (SSSR count). The van der Waals surface area contributed by atoms with Crippen LogP contribution in [0.5, 0.6) is 5.88 Å². The van der Waals surface area contributed by atoms with Crippen molar-refractivity contribution in [2.45, 2.75) is 24.2 Å². The molecule has 2 aliphatic heterocycles. The molecule has 0 unspecified atom stereocenters. The van der Waals surface area contributed by atoms with Crippen molar-refractivity contribution in [1.82, 2.24) is 14.7 Å². The van der Waals surface area contributed by atoms with Crippen LogP contribution < -0.4 is 14.4 Å². The number of ether oxygens (including phenoxy) is 2. The highest BCUT2D eigenvalue weighted by atomic mass is 32.2. The quantitative estimate of drug-likeness (QED) is 0.769. The first-order valence-electron chi connectivity index (χ1n) is 8.28. The summed E-state index contributed by atoms with van der Waals surface area (Å²) in [6.07, 6.45) is 3.18. The minimum absolute atomic E-state index is 0.126. The molecule has 3 atom stereocenters. The number of methoxy groups -OCH3 is 1. The normalized spacial score (nSPS) is 29.7. The Bertz CT molecular complexity index is 709. The minimum Gasteiger partial charge on any atom is -0.481 e. The Kier molecular flexibility index (Phi) is 4.09. The van der Waals surface area contributed by atoms with E-state index >= 15 is 0 Å². The summed E-state index contributed by atoms with van der Waals surface area (Å²) in [4.78, 5) is 10.5. The van der Waals surface area contributed by atoms with Gasteiger partial charge < -0.3 is 14.4 Å². The Balaban J connectivity index is 1.39. The summed E-state index contributed by atoms with van der Waals surface area (Å²) in [7, 11) is -1.55. The molecule has 8 nitrogen and oxygen atoms in total. The number of hydrogen-bond donors (Lipinski definition) is 1. The average molecular weight is 354 g/mol. The van der Waals surface area contributed by atoms with Crippen molar-refractivity contribution in [3.8, 4) is 5.88 Å². The average Bonchev–Trinajstić information content (AvgIpc) is 3.26. The maximum Gasteiger partial charge on any atom is 0.218 e. The first-order chi connectivity index (χ1) is 11.6. The molecule has 3 heterocycles. The smallest absolute Gasteiger partial charge is 0.218 e. The number of nitrogens with one attached hydrogen (secondary N) is 1. The molecular weight excluding hydrogens is 332 g/mol. The van der Waals surface area contributed by atoms with Gasteiger partial charge in [0.05, 0.1) is 25.1 Å². The zero-order valence-electron chi connectivity index (χ0n) is 13.6. The largest absolute Gasteiger partial charge is 0.481 e. The van der Waals surface area contributed by atoms with Crippen molar-refractivity contribution in [2.75, 3.05) is 38.3 Å². The van der Waals surface area contributed by atoms with E-state index < -0.39 is 10.0 Å². The number of aromatic nitrogens is 2. The molecule has 132 valence electrons. The van der Waals surface area contributed by atoms with E-state index in [1.807, 2.05) is 6.07 Å². The molecule has 3 fully saturated rings. The van der Waals surface area contributed by atoms with Gasteiger partial charge in [0, 0.05) is 37.5 Å². The standard InChI is InChI=1S/C15H22N4O4S/c1-22-15-4-14(16-9-17-15)19-6-12-10(8-23-13(12)7-19)5-18-24(20,21)11-2-3-11/h4,9-13,18H,2-3,5-8H2,1H3/t10-,12+,13+/m0/s1. The number of sulfonamides is 1. The van der Waals surface area contributed by atoms with Gasteiger partial charge in [-0.05, 0) is 12.8 Å². The van der Waals surface area contributed by atoms with Crippen molar-refractivity contribution in [3.05, 3.63) is 12.4 Å². The molecule has 1 aliphatic carbocycles. The molecule has 1 aromatic heterocycles. The van der Waals surface area contributed by atoms with E-state index in [0.717, 1.165) is 31.7 Å². The number of rotatable bonds is 6. The molecule has 1 N–H and O–H groups in total. The zero-order valence-corrected chi connectivity index (χ0v) is 14.4. The van der Waals surface area contributed by atoms with Crippen LogP contribution in [0.25, 0.3) is 0 Å². The number of nitrogens with zero attached hydrogens (tertiary/aromatic N) is 3. The van der Waals surface area contributed by atoms with Crippen molar-refractivity contribution in [2.24, 2.45) is 11.8 Å². The highest BCUT2D eigenvalue weighted by Gasteiger charge is 2.45. The predicted octanol–water partition coefficient (Wildman–Crippen LogP) is 0.0182. The minimum atomic E-state index is -3.13. The van der Waals surface area contributed by atoms with Crippen LogP contribution in [0.15, 0.2) is 12.4 Å². The van der Waals surface area contributed by atoms with Crippen molar-refractivity contribution < 1.29 is 17.9 Å². The summed E-state index contributed by atoms with van der Waals surface area (Å²) in [5.41, 5.74) is 0. The Hall–Kier alpha value is -1.45. The van der Waals surface area contributed by atoms with Crippen LogP contribution in [0.2, 0.25) is 0 Å². The molecule has 0 bridgehead atoms. The highest BCUT2D eigenvalue weighted by Crippen LogP contribution is 2.36. The summed E-state index contributed by atoms with van der Waals surface area (Å²) in [5, 5.41) is -0.177. The third kappa shape index (κ3) is 3.07. The first-order valence-corrected chi connectivity index (χ1v) is 9.82. The first kappa shape index (κ1) is 16.0. The maximum absolute atomic E-state index is 12.0. The van der Waals surface area contributed by atoms with Gasteiger partial charge in [-0.25, -0.2) is 23.1 Å². The van der Waals surface area contributed by atoms with Crippen molar-refractivity contribution in [3.63, 3.8) is 0 Å². The highest BCUT2D eigenvalue weighted by molar-refractivity contribution is 7.90. The lowest BCUT2D eigenvalue weighted by atomic mass is 9.93. The Morgan fingerprint density at radius 1 is 1.38 bits per heavy atom. The fourth-order valence-electron chi connectivity index (χ4n) is 3.53. The second-order valence-corrected chi connectivity index (χ2v) is 8.76. The molecular formula is C15H22N4O4S. The lowest BCUT2D eigenvalue weighted by molar-refractivity contribution is 0.111. The van der Waals surface area contributed by atoms with E-state index in [9.17, 15) is 8.42 Å². The molecule has 2 saturated heterocycles. The SMILES string of the molecule is COc1cc(N2C[C@@H]3[C@@H](CNS(=O)(=O)C4CC4)CO[C@@H]3C2)ncn1. The van der Waals surface area contributed by atoms with E-state index in [-0.39, 0.29) is 17.3 Å². The fourth-order valence-corrected chi connectivity index (χ4v) is 4.97. The molecule has 1 saturated carbocycles. The second-order valence-electron chi connectivity index (χ2n) is 6.71. The van der Waals surface area contributed by atoms with Gasteiger partial charge in [0.2, 0.25) is 15.9 Å². The van der Waals surface area contributed by atoms with Crippen LogP contribution in [0.1, 0.15) is 12.8 Å². The van der Waals surface area contributed by atoms with Crippen LogP contribution in [0.3, 0.4) is 0 Å². The lowest BCUT2D eigenvalue weighted by Gasteiger charge is -2.21. The third-order valence-electron chi connectivity index (χ3n) is 5.11. The van der Waals surface area contributed by atoms with Crippen molar-refractivity contribution in [1.29, 1.82) is 0 Å². The molecule has 0 spiro atoms. The Morgan fingerprint density at radius 2 is 2.21 bits per heavy atom. The molecule has 0 aromatic carbocycles. The maximum atomic E-state index is 12.0. The van der Waals surface area contributed by atoms with Gasteiger partial charge in [0.25, 0.3) is 0 Å². The third-order valence-corrected chi connectivity index (χ3v) is 7.03. The number of fused-ring (bicyclic) bond motifs is 1. The summed E-state index contributed by atoms with van der Waals surface area (Å²) in [6.45, 7) is 2.64. The van der Waals surface area contributed by atoms with Gasteiger partial charge in [-0.1, -0.05) is 0 Å². The van der Waals surface area contributed by atoms with Gasteiger partial charge >= 0.3 is 0 Å². The Morgan fingerprint density at radius 3 is 2.96 bits per heavy atom. The topological polar surface area (TPSA) is 93.7 Å². The molecule has 0 radical (unpaired) electrons. The number of hydrogen-bond acceptors (Lipinski definition) is 7. The van der Waals surface area contributed by atoms with Crippen LogP contribution in [0.4, 0.5) is 5.82 Å². The van der Waals surface area contributed by atoms with E-state index in [0.29, 0.717) is 24.9 Å². The summed E-state index contributed by atoms with van der Waals surface area (Å²) in [5.74, 6) is 1.87. The number of anilines is 1. The van der Waals surface area contributed by atoms with Crippen LogP contribution in [-0.4, -0.2) is 63.1 Å². The zero-order chi connectivity index (χ0) is 16.7. The Labute approximate surface area is 141 Å². The van der Waals surface area contributed by atoms with Gasteiger partial charge in [-0.2, -0.15) is 0 Å².